The van der Waals surface area contributed by atoms with Crippen LogP contribution in [-0.2, 0) is 11.2 Å². The first-order valence-electron chi connectivity index (χ1n) is 7.18. The zero-order chi connectivity index (χ0) is 14.8. The molecule has 0 spiro atoms. The zero-order valence-electron chi connectivity index (χ0n) is 12.7. The lowest BCUT2D eigenvalue weighted by Crippen LogP contribution is -2.21. The van der Waals surface area contributed by atoms with Crippen molar-refractivity contribution in [3.05, 3.63) is 35.7 Å². The number of anilines is 1. The van der Waals surface area contributed by atoms with E-state index in [9.17, 15) is 4.79 Å². The fraction of sp³-hybridized carbons (Fsp3) is 0.500. The first-order valence-corrected chi connectivity index (χ1v) is 7.18. The van der Waals surface area contributed by atoms with Gasteiger partial charge in [0.2, 0.25) is 6.41 Å². The summed E-state index contributed by atoms with van der Waals surface area (Å²) in [5.74, 6) is 0.947. The minimum atomic E-state index is 0.673. The summed E-state index contributed by atoms with van der Waals surface area (Å²) in [6.07, 6.45) is 9.20. The van der Waals surface area contributed by atoms with Gasteiger partial charge in [-0.3, -0.25) is 4.79 Å². The van der Waals surface area contributed by atoms with Crippen molar-refractivity contribution < 1.29 is 4.79 Å². The van der Waals surface area contributed by atoms with Crippen molar-refractivity contribution in [2.75, 3.05) is 18.5 Å². The molecule has 0 bridgehead atoms. The van der Waals surface area contributed by atoms with E-state index in [0.717, 1.165) is 24.4 Å². The van der Waals surface area contributed by atoms with Gasteiger partial charge in [-0.2, -0.15) is 0 Å². The minimum Gasteiger partial charge on any atom is -0.356 e. The van der Waals surface area contributed by atoms with Crippen LogP contribution in [0.3, 0.4) is 0 Å². The van der Waals surface area contributed by atoms with E-state index in [1.54, 1.807) is 6.20 Å². The van der Waals surface area contributed by atoms with E-state index in [1.807, 2.05) is 20.2 Å². The van der Waals surface area contributed by atoms with E-state index >= 15 is 0 Å². The molecule has 0 atom stereocenters. The molecule has 1 heterocycles. The van der Waals surface area contributed by atoms with Crippen LogP contribution in [0.1, 0.15) is 38.7 Å². The highest BCUT2D eigenvalue weighted by molar-refractivity contribution is 5.48. The molecule has 0 saturated heterocycles. The van der Waals surface area contributed by atoms with Crippen LogP contribution >= 0.6 is 0 Å². The number of carbonyl (C=O) groups is 1. The number of amides is 1. The van der Waals surface area contributed by atoms with Gasteiger partial charge in [0.1, 0.15) is 5.82 Å². The Morgan fingerprint density at radius 1 is 1.40 bits per heavy atom. The van der Waals surface area contributed by atoms with Gasteiger partial charge in [0.05, 0.1) is 0 Å². The molecular weight excluding hydrogens is 250 g/mol. The predicted molar refractivity (Wildman–Crippen MR) is 83.7 cm³/mol. The van der Waals surface area contributed by atoms with Crippen LogP contribution in [0, 0.1) is 0 Å². The SMILES string of the molecule is CCCCCc1ccc(N(C)C/C(C)=C\NC=O)nc1. The molecule has 1 rings (SSSR count). The number of carbonyl (C=O) groups excluding carboxylic acids is 1. The molecule has 0 aliphatic carbocycles. The van der Waals surface area contributed by atoms with Crippen molar-refractivity contribution in [1.82, 2.24) is 10.3 Å². The first kappa shape index (κ1) is 16.2. The molecule has 1 N–H and O–H groups in total. The summed E-state index contributed by atoms with van der Waals surface area (Å²) in [4.78, 5) is 16.8. The number of hydrogen-bond donors (Lipinski definition) is 1. The lowest BCUT2D eigenvalue weighted by atomic mass is 10.1. The molecule has 0 aromatic carbocycles. The zero-order valence-corrected chi connectivity index (χ0v) is 12.7. The third-order valence-electron chi connectivity index (χ3n) is 3.15. The summed E-state index contributed by atoms with van der Waals surface area (Å²) in [5, 5.41) is 2.55. The highest BCUT2D eigenvalue weighted by atomic mass is 16.1. The third-order valence-corrected chi connectivity index (χ3v) is 3.15. The molecular formula is C16H25N3O. The maximum absolute atomic E-state index is 10.2. The second-order valence-electron chi connectivity index (χ2n) is 5.11. The van der Waals surface area contributed by atoms with Crippen LogP contribution in [0.25, 0.3) is 0 Å². The highest BCUT2D eigenvalue weighted by Gasteiger charge is 2.03. The summed E-state index contributed by atoms with van der Waals surface area (Å²) in [7, 11) is 2.00. The first-order chi connectivity index (χ1) is 9.67. The maximum atomic E-state index is 10.2. The number of hydrogen-bond acceptors (Lipinski definition) is 3. The Kier molecular flexibility index (Phi) is 7.40. The molecule has 0 radical (unpaired) electrons. The normalized spacial score (nSPS) is 11.2. The topological polar surface area (TPSA) is 45.2 Å². The van der Waals surface area contributed by atoms with Gasteiger partial charge >= 0.3 is 0 Å². The predicted octanol–water partition coefficient (Wildman–Crippen LogP) is 2.90. The summed E-state index contributed by atoms with van der Waals surface area (Å²) in [6.45, 7) is 4.93. The number of nitrogens with one attached hydrogen (secondary N) is 1. The van der Waals surface area contributed by atoms with Gasteiger partial charge in [-0.05, 0) is 37.0 Å². The van der Waals surface area contributed by atoms with E-state index in [1.165, 1.54) is 24.8 Å². The molecule has 4 nitrogen and oxygen atoms in total. The standard InChI is InChI=1S/C16H25N3O/c1-4-5-6-7-15-8-9-16(18-11-15)19(3)12-14(2)10-17-13-20/h8-11,13H,4-7,12H2,1-3H3,(H,17,20)/b14-10-. The monoisotopic (exact) mass is 275 g/mol. The average Bonchev–Trinajstić information content (AvgIpc) is 2.46. The van der Waals surface area contributed by atoms with Gasteiger partial charge in [0.15, 0.2) is 0 Å². The second kappa shape index (κ2) is 9.13. The van der Waals surface area contributed by atoms with Crippen molar-refractivity contribution >= 4 is 12.2 Å². The molecule has 0 saturated carbocycles. The Hall–Kier alpha value is -1.84. The summed E-state index contributed by atoms with van der Waals surface area (Å²) in [6, 6.07) is 4.21. The van der Waals surface area contributed by atoms with E-state index in [0.29, 0.717) is 6.41 Å². The molecule has 1 aromatic rings. The summed E-state index contributed by atoms with van der Waals surface area (Å²) in [5.41, 5.74) is 2.37. The molecule has 20 heavy (non-hydrogen) atoms. The van der Waals surface area contributed by atoms with E-state index in [-0.39, 0.29) is 0 Å². The summed E-state index contributed by atoms with van der Waals surface area (Å²) < 4.78 is 0. The molecule has 0 aliphatic heterocycles. The van der Waals surface area contributed by atoms with Crippen molar-refractivity contribution in [3.8, 4) is 0 Å². The van der Waals surface area contributed by atoms with Crippen molar-refractivity contribution in [2.24, 2.45) is 0 Å². The fourth-order valence-corrected chi connectivity index (χ4v) is 2.05. The molecule has 4 heteroatoms. The Bertz CT molecular complexity index is 426. The van der Waals surface area contributed by atoms with Gasteiger partial charge in [-0.15, -0.1) is 0 Å². The van der Waals surface area contributed by atoms with Crippen molar-refractivity contribution in [3.63, 3.8) is 0 Å². The van der Waals surface area contributed by atoms with Crippen LogP contribution in [0.15, 0.2) is 30.1 Å². The lowest BCUT2D eigenvalue weighted by molar-refractivity contribution is -0.108. The number of likely N-dealkylation sites (N-methyl/N-ethyl adjacent to an activating group) is 1. The Labute approximate surface area is 121 Å². The van der Waals surface area contributed by atoms with E-state index in [2.05, 4.69) is 34.3 Å². The number of rotatable bonds is 9. The van der Waals surface area contributed by atoms with Crippen LogP contribution < -0.4 is 10.2 Å². The average molecular weight is 275 g/mol. The van der Waals surface area contributed by atoms with Crippen LogP contribution in [0.5, 0.6) is 0 Å². The van der Waals surface area contributed by atoms with Crippen LogP contribution in [0.4, 0.5) is 5.82 Å². The smallest absolute Gasteiger partial charge is 0.211 e. The van der Waals surface area contributed by atoms with Gasteiger partial charge in [0, 0.05) is 26.0 Å². The molecule has 1 amide bonds. The Morgan fingerprint density at radius 3 is 2.80 bits per heavy atom. The fourth-order valence-electron chi connectivity index (χ4n) is 2.05. The molecule has 0 aliphatic rings. The Morgan fingerprint density at radius 2 is 2.20 bits per heavy atom. The van der Waals surface area contributed by atoms with Gasteiger partial charge in [0.25, 0.3) is 0 Å². The molecule has 1 aromatic heterocycles. The number of nitrogens with zero attached hydrogens (tertiary/aromatic N) is 2. The number of aromatic nitrogens is 1. The maximum Gasteiger partial charge on any atom is 0.211 e. The van der Waals surface area contributed by atoms with Crippen LogP contribution in [0.2, 0.25) is 0 Å². The highest BCUT2D eigenvalue weighted by Crippen LogP contribution is 2.13. The molecule has 0 fully saturated rings. The summed E-state index contributed by atoms with van der Waals surface area (Å²) >= 11 is 0. The largest absolute Gasteiger partial charge is 0.356 e. The van der Waals surface area contributed by atoms with E-state index in [4.69, 9.17) is 0 Å². The van der Waals surface area contributed by atoms with Crippen molar-refractivity contribution in [2.45, 2.75) is 39.5 Å². The molecule has 110 valence electrons. The van der Waals surface area contributed by atoms with Gasteiger partial charge < -0.3 is 10.2 Å². The lowest BCUT2D eigenvalue weighted by Gasteiger charge is -2.18. The Balaban J connectivity index is 2.52. The van der Waals surface area contributed by atoms with Crippen LogP contribution in [-0.4, -0.2) is 25.0 Å². The third kappa shape index (κ3) is 5.87. The van der Waals surface area contributed by atoms with E-state index < -0.39 is 0 Å². The second-order valence-corrected chi connectivity index (χ2v) is 5.11. The van der Waals surface area contributed by atoms with Crippen molar-refractivity contribution in [1.29, 1.82) is 0 Å². The molecule has 0 unspecified atom stereocenters. The number of unbranched alkanes of at least 4 members (excludes halogenated alkanes) is 2. The van der Waals surface area contributed by atoms with Gasteiger partial charge in [-0.1, -0.05) is 25.8 Å². The quantitative estimate of drug-likeness (QED) is 0.557. The van der Waals surface area contributed by atoms with Gasteiger partial charge in [-0.25, -0.2) is 4.98 Å². The number of aryl methyl sites for hydroxylation is 1. The number of pyridine rings is 1. The minimum absolute atomic E-state index is 0.673.